The lowest BCUT2D eigenvalue weighted by Crippen LogP contribution is -2.57. The highest BCUT2D eigenvalue weighted by atomic mass is 79.9. The van der Waals surface area contributed by atoms with Gasteiger partial charge in [0.15, 0.2) is 0 Å². The van der Waals surface area contributed by atoms with Crippen LogP contribution in [0.1, 0.15) is 77.7 Å². The predicted molar refractivity (Wildman–Crippen MR) is 134 cm³/mol. The molecule has 1 N–H and O–H groups in total. The number of fused-ring (bicyclic) bond motifs is 5. The number of Topliss-reactive ketones (excluding diaryl/α,β-unsaturated/α-hetero) is 1. The first-order chi connectivity index (χ1) is 15.2. The summed E-state index contributed by atoms with van der Waals surface area (Å²) in [5.41, 5.74) is 1.73. The van der Waals surface area contributed by atoms with Crippen LogP contribution in [-0.2, 0) is 4.79 Å². The molecule has 0 unspecified atom stereocenters. The highest BCUT2D eigenvalue weighted by Gasteiger charge is 2.62. The number of carbonyl (C=O) groups is 1. The number of halogens is 1. The summed E-state index contributed by atoms with van der Waals surface area (Å²) in [5.74, 6) is 3.73. The molecule has 4 saturated carbocycles. The van der Waals surface area contributed by atoms with Gasteiger partial charge >= 0.3 is 0 Å². The molecule has 0 aliphatic heterocycles. The largest absolute Gasteiger partial charge is 0.393 e. The van der Waals surface area contributed by atoms with Crippen molar-refractivity contribution in [1.29, 1.82) is 0 Å². The monoisotopic (exact) mass is 498 g/mol. The van der Waals surface area contributed by atoms with Crippen molar-refractivity contribution in [2.45, 2.75) is 78.2 Å². The zero-order valence-corrected chi connectivity index (χ0v) is 21.5. The molecule has 0 heterocycles. The highest BCUT2D eigenvalue weighted by Crippen LogP contribution is 2.67. The number of allylic oxidation sites excluding steroid dienone is 1. The van der Waals surface area contributed by atoms with Crippen LogP contribution in [0, 0.1) is 46.3 Å². The minimum Gasteiger partial charge on any atom is -0.393 e. The van der Waals surface area contributed by atoms with E-state index in [2.05, 4.69) is 73.1 Å². The van der Waals surface area contributed by atoms with Gasteiger partial charge in [-0.2, -0.15) is 0 Å². The number of aliphatic hydroxyl groups is 1. The van der Waals surface area contributed by atoms with Crippen molar-refractivity contribution in [2.75, 3.05) is 0 Å². The van der Waals surface area contributed by atoms with Crippen LogP contribution in [0.2, 0.25) is 0 Å². The molecule has 0 bridgehead atoms. The molecule has 5 rings (SSSR count). The summed E-state index contributed by atoms with van der Waals surface area (Å²) in [6.07, 6.45) is 13.0. The molecule has 0 amide bonds. The fourth-order valence-corrected chi connectivity index (χ4v) is 9.16. The van der Waals surface area contributed by atoms with Crippen LogP contribution in [0.5, 0.6) is 0 Å². The van der Waals surface area contributed by atoms with Crippen molar-refractivity contribution in [1.82, 2.24) is 0 Å². The molecular formula is C29H39BrO2. The second-order valence-corrected chi connectivity index (χ2v) is 12.9. The molecule has 4 fully saturated rings. The molecule has 0 radical (unpaired) electrons. The lowest BCUT2D eigenvalue weighted by atomic mass is 9.44. The van der Waals surface area contributed by atoms with Gasteiger partial charge in [-0.05, 0) is 103 Å². The Morgan fingerprint density at radius 2 is 1.72 bits per heavy atom. The van der Waals surface area contributed by atoms with Crippen molar-refractivity contribution in [3.05, 3.63) is 40.4 Å². The maximum Gasteiger partial charge on any atom is 0.136 e. The third-order valence-electron chi connectivity index (χ3n) is 10.6. The first kappa shape index (κ1) is 22.8. The van der Waals surface area contributed by atoms with E-state index in [9.17, 15) is 9.90 Å². The minimum atomic E-state index is -0.267. The quantitative estimate of drug-likeness (QED) is 0.474. The average molecular weight is 500 g/mol. The maximum absolute atomic E-state index is 13.3. The van der Waals surface area contributed by atoms with Crippen LogP contribution >= 0.6 is 15.9 Å². The van der Waals surface area contributed by atoms with Gasteiger partial charge in [0, 0.05) is 16.8 Å². The van der Waals surface area contributed by atoms with Gasteiger partial charge in [-0.1, -0.05) is 61.0 Å². The van der Waals surface area contributed by atoms with Gasteiger partial charge in [0.25, 0.3) is 0 Å². The van der Waals surface area contributed by atoms with Gasteiger partial charge in [0.2, 0.25) is 0 Å². The van der Waals surface area contributed by atoms with E-state index in [1.165, 1.54) is 31.2 Å². The van der Waals surface area contributed by atoms with E-state index in [4.69, 9.17) is 0 Å². The Hall–Kier alpha value is -0.930. The number of ketones is 1. The Balaban J connectivity index is 1.35. The molecule has 2 nitrogen and oxygen atoms in total. The van der Waals surface area contributed by atoms with Crippen molar-refractivity contribution in [3.63, 3.8) is 0 Å². The van der Waals surface area contributed by atoms with Crippen LogP contribution in [-0.4, -0.2) is 17.0 Å². The van der Waals surface area contributed by atoms with E-state index in [0.29, 0.717) is 47.2 Å². The molecule has 0 saturated heterocycles. The fraction of sp³-hybridized carbons (Fsp3) is 0.690. The second kappa shape index (κ2) is 8.38. The van der Waals surface area contributed by atoms with Crippen molar-refractivity contribution >= 4 is 27.8 Å². The van der Waals surface area contributed by atoms with E-state index in [1.54, 1.807) is 0 Å². The summed E-state index contributed by atoms with van der Waals surface area (Å²) in [4.78, 5) is 13.3. The normalized spacial score (nSPS) is 44.7. The van der Waals surface area contributed by atoms with Crippen molar-refractivity contribution < 1.29 is 9.90 Å². The summed E-state index contributed by atoms with van der Waals surface area (Å²) in [6, 6.07) is 8.56. The lowest BCUT2D eigenvalue weighted by Gasteiger charge is -2.60. The molecule has 174 valence electrons. The molecule has 3 heteroatoms. The summed E-state index contributed by atoms with van der Waals surface area (Å²) in [5, 5.41) is 10.2. The molecule has 1 aromatic rings. The van der Waals surface area contributed by atoms with Crippen LogP contribution in [0.4, 0.5) is 0 Å². The zero-order valence-electron chi connectivity index (χ0n) is 19.9. The zero-order chi connectivity index (χ0) is 22.7. The lowest BCUT2D eigenvalue weighted by molar-refractivity contribution is -0.159. The first-order valence-electron chi connectivity index (χ1n) is 12.9. The molecule has 1 aromatic carbocycles. The maximum atomic E-state index is 13.3. The van der Waals surface area contributed by atoms with Gasteiger partial charge in [-0.25, -0.2) is 0 Å². The number of rotatable bonds is 3. The number of benzene rings is 1. The SMILES string of the molecule is C[C@H](/C=C/c1ccc(Br)cc1)[C@H]1CC[C@H]2[C@@H]3CC(=O)[C@H]4C[C@H](O)CC[C@]4(C)[C@H]3CC[C@]12C. The highest BCUT2D eigenvalue weighted by molar-refractivity contribution is 9.10. The molecule has 0 aromatic heterocycles. The third-order valence-corrected chi connectivity index (χ3v) is 11.1. The smallest absolute Gasteiger partial charge is 0.136 e. The third kappa shape index (κ3) is 3.66. The van der Waals surface area contributed by atoms with Gasteiger partial charge in [0.1, 0.15) is 5.78 Å². The minimum absolute atomic E-state index is 0.0989. The number of hydrogen-bond acceptors (Lipinski definition) is 2. The fourth-order valence-electron chi connectivity index (χ4n) is 8.89. The summed E-state index contributed by atoms with van der Waals surface area (Å²) in [6.45, 7) is 7.36. The Morgan fingerprint density at radius 1 is 1.03 bits per heavy atom. The van der Waals surface area contributed by atoms with Crippen LogP contribution < -0.4 is 0 Å². The molecule has 32 heavy (non-hydrogen) atoms. The number of carbonyl (C=O) groups excluding carboxylic acids is 1. The van der Waals surface area contributed by atoms with Gasteiger partial charge < -0.3 is 5.11 Å². The number of aliphatic hydroxyl groups excluding tert-OH is 1. The van der Waals surface area contributed by atoms with E-state index in [0.717, 1.165) is 23.7 Å². The first-order valence-corrected chi connectivity index (χ1v) is 13.7. The Morgan fingerprint density at radius 3 is 2.47 bits per heavy atom. The topological polar surface area (TPSA) is 37.3 Å². The van der Waals surface area contributed by atoms with E-state index < -0.39 is 0 Å². The average Bonchev–Trinajstić information content (AvgIpc) is 3.12. The Labute approximate surface area is 202 Å². The van der Waals surface area contributed by atoms with Crippen LogP contribution in [0.25, 0.3) is 6.08 Å². The van der Waals surface area contributed by atoms with Crippen LogP contribution in [0.15, 0.2) is 34.8 Å². The van der Waals surface area contributed by atoms with Gasteiger partial charge in [-0.3, -0.25) is 4.79 Å². The number of hydrogen-bond donors (Lipinski definition) is 1. The summed E-state index contributed by atoms with van der Waals surface area (Å²) < 4.78 is 1.12. The van der Waals surface area contributed by atoms with Crippen molar-refractivity contribution in [2.24, 2.45) is 46.3 Å². The molecule has 4 aliphatic carbocycles. The molecule has 0 spiro atoms. The van der Waals surface area contributed by atoms with Gasteiger partial charge in [0.05, 0.1) is 6.10 Å². The van der Waals surface area contributed by atoms with Gasteiger partial charge in [-0.15, -0.1) is 0 Å². The Kier molecular flexibility index (Phi) is 5.98. The van der Waals surface area contributed by atoms with E-state index in [1.807, 2.05) is 0 Å². The summed E-state index contributed by atoms with van der Waals surface area (Å²) >= 11 is 3.52. The molecule has 4 aliphatic rings. The van der Waals surface area contributed by atoms with E-state index >= 15 is 0 Å². The van der Waals surface area contributed by atoms with E-state index in [-0.39, 0.29) is 17.4 Å². The standard InChI is InChI=1S/C29H39BrO2/c1-18(4-5-19-6-8-20(30)9-7-19)23-10-11-24-22-17-27(32)26-16-21(31)12-14-29(26,3)25(22)13-15-28(23,24)2/h4-9,18,21-26,31H,10-17H2,1-3H3/b5-4+/t18-,21-,22+,23-,24+,25+,26-,28-,29-/m1/s1. The Bertz CT molecular complexity index is 891. The van der Waals surface area contributed by atoms with Crippen molar-refractivity contribution in [3.8, 4) is 0 Å². The summed E-state index contributed by atoms with van der Waals surface area (Å²) in [7, 11) is 0. The second-order valence-electron chi connectivity index (χ2n) is 12.0. The molecule has 9 atom stereocenters. The molecular weight excluding hydrogens is 460 g/mol. The van der Waals surface area contributed by atoms with Crippen LogP contribution in [0.3, 0.4) is 0 Å². The predicted octanol–water partition coefficient (Wildman–Crippen LogP) is 7.30.